The number of nitrogens with one attached hydrogen (secondary N) is 1. The van der Waals surface area contributed by atoms with Crippen LogP contribution in [0.4, 0.5) is 5.13 Å². The third-order valence-corrected chi connectivity index (χ3v) is 4.13. The van der Waals surface area contributed by atoms with Crippen LogP contribution in [0.3, 0.4) is 0 Å². The van der Waals surface area contributed by atoms with Gasteiger partial charge >= 0.3 is 11.9 Å². The molecule has 2 rings (SSSR count). The molecule has 0 aliphatic heterocycles. The molecule has 0 aliphatic carbocycles. The van der Waals surface area contributed by atoms with Crippen molar-refractivity contribution >= 4 is 40.3 Å². The lowest BCUT2D eigenvalue weighted by Gasteiger charge is -2.05. The van der Waals surface area contributed by atoms with Gasteiger partial charge in [0.1, 0.15) is 4.88 Å². The van der Waals surface area contributed by atoms with E-state index < -0.39 is 17.8 Å². The van der Waals surface area contributed by atoms with Gasteiger partial charge in [0.25, 0.3) is 5.91 Å². The molecule has 0 aliphatic rings. The second-order valence-electron chi connectivity index (χ2n) is 4.97. The fourth-order valence-electron chi connectivity index (χ4n) is 1.92. The molecule has 0 bridgehead atoms. The van der Waals surface area contributed by atoms with Crippen molar-refractivity contribution in [1.82, 2.24) is 10.3 Å². The largest absolute Gasteiger partial charge is 0.477 e. The van der Waals surface area contributed by atoms with Gasteiger partial charge in [0.2, 0.25) is 11.1 Å². The number of carboxylic acid groups (broad SMARTS) is 1. The Kier molecular flexibility index (Phi) is 6.02. The Balaban J connectivity index is 2.07. The number of rotatable bonds is 5. The number of hydrogen-bond acceptors (Lipinski definition) is 7. The van der Waals surface area contributed by atoms with Crippen LogP contribution in [-0.2, 0) is 4.74 Å². The predicted octanol–water partition coefficient (Wildman–Crippen LogP) is 1.70. The molecule has 0 unspecified atom stereocenters. The van der Waals surface area contributed by atoms with Crippen LogP contribution in [0.2, 0.25) is 0 Å². The zero-order valence-electron chi connectivity index (χ0n) is 14.0. The molecule has 9 nitrogen and oxygen atoms in total. The monoisotopic (exact) mass is 376 g/mol. The molecular weight excluding hydrogens is 360 g/mol. The van der Waals surface area contributed by atoms with Crippen molar-refractivity contribution in [2.24, 2.45) is 10.7 Å². The number of esters is 1. The highest BCUT2D eigenvalue weighted by Gasteiger charge is 2.15. The summed E-state index contributed by atoms with van der Waals surface area (Å²) in [6, 6.07) is 5.82. The normalized spacial score (nSPS) is 11.1. The van der Waals surface area contributed by atoms with Crippen LogP contribution < -0.4 is 11.1 Å². The molecule has 1 heterocycles. The number of carboxylic acids is 1. The molecule has 1 aromatic carbocycles. The number of carbonyl (C=O) groups excluding carboxylic acids is 2. The van der Waals surface area contributed by atoms with Crippen LogP contribution in [0, 0.1) is 6.92 Å². The zero-order chi connectivity index (χ0) is 19.3. The highest BCUT2D eigenvalue weighted by molar-refractivity contribution is 7.17. The number of aryl methyl sites for hydroxylation is 1. The van der Waals surface area contributed by atoms with Crippen LogP contribution in [0.1, 0.15) is 43.0 Å². The number of nitrogens with zero attached hydrogens (tertiary/aromatic N) is 2. The van der Waals surface area contributed by atoms with Crippen LogP contribution in [-0.4, -0.2) is 40.5 Å². The molecule has 136 valence electrons. The summed E-state index contributed by atoms with van der Waals surface area (Å²) in [5.74, 6) is -2.34. The molecule has 0 fully saturated rings. The van der Waals surface area contributed by atoms with E-state index in [-0.39, 0.29) is 28.1 Å². The number of ether oxygens (including phenoxy) is 1. The van der Waals surface area contributed by atoms with E-state index in [1.807, 2.05) is 0 Å². The number of hydrogen-bond donors (Lipinski definition) is 3. The number of aliphatic imine (C=N–C) groups is 1. The van der Waals surface area contributed by atoms with E-state index in [0.29, 0.717) is 11.3 Å². The molecule has 0 radical (unpaired) electrons. The van der Waals surface area contributed by atoms with Crippen LogP contribution >= 0.6 is 11.3 Å². The SMILES string of the molecule is CCOC(=O)c1ccc(C(=O)N/C(N)=N\c2nc(C)c(C(=O)O)s2)cc1. The average Bonchev–Trinajstić information content (AvgIpc) is 2.95. The van der Waals surface area contributed by atoms with Gasteiger partial charge < -0.3 is 15.6 Å². The van der Waals surface area contributed by atoms with Crippen LogP contribution in [0.25, 0.3) is 0 Å². The number of aromatic nitrogens is 1. The Morgan fingerprint density at radius 3 is 2.42 bits per heavy atom. The summed E-state index contributed by atoms with van der Waals surface area (Å²) in [6.45, 7) is 3.50. The average molecular weight is 376 g/mol. The summed E-state index contributed by atoms with van der Waals surface area (Å²) >= 11 is 0.848. The van der Waals surface area contributed by atoms with Crippen molar-refractivity contribution in [3.05, 3.63) is 46.0 Å². The number of amides is 1. The maximum Gasteiger partial charge on any atom is 0.347 e. The van der Waals surface area contributed by atoms with E-state index in [2.05, 4.69) is 15.3 Å². The van der Waals surface area contributed by atoms with E-state index in [9.17, 15) is 14.4 Å². The third kappa shape index (κ3) is 4.63. The van der Waals surface area contributed by atoms with Crippen molar-refractivity contribution in [1.29, 1.82) is 0 Å². The minimum Gasteiger partial charge on any atom is -0.477 e. The molecule has 10 heteroatoms. The van der Waals surface area contributed by atoms with Gasteiger partial charge in [-0.2, -0.15) is 4.99 Å². The van der Waals surface area contributed by atoms with Gasteiger partial charge in [-0.25, -0.2) is 14.6 Å². The Hall–Kier alpha value is -3.27. The summed E-state index contributed by atoms with van der Waals surface area (Å²) in [5.41, 5.74) is 6.56. The first kappa shape index (κ1) is 19.1. The van der Waals surface area contributed by atoms with Gasteiger partial charge in [0, 0.05) is 5.56 Å². The van der Waals surface area contributed by atoms with E-state index in [0.717, 1.165) is 11.3 Å². The number of nitrogens with two attached hydrogens (primary N) is 1. The number of thiazole rings is 1. The van der Waals surface area contributed by atoms with E-state index in [4.69, 9.17) is 15.6 Å². The van der Waals surface area contributed by atoms with Crippen molar-refractivity contribution in [3.8, 4) is 0 Å². The molecule has 4 N–H and O–H groups in total. The molecule has 1 amide bonds. The van der Waals surface area contributed by atoms with Crippen molar-refractivity contribution in [2.75, 3.05) is 6.61 Å². The maximum atomic E-state index is 12.1. The van der Waals surface area contributed by atoms with Gasteiger partial charge in [0.05, 0.1) is 17.9 Å². The lowest BCUT2D eigenvalue weighted by atomic mass is 10.1. The minimum absolute atomic E-state index is 0.0532. The fraction of sp³-hybridized carbons (Fsp3) is 0.188. The quantitative estimate of drug-likeness (QED) is 0.409. The first-order valence-corrected chi connectivity index (χ1v) is 8.27. The first-order valence-electron chi connectivity index (χ1n) is 7.45. The summed E-state index contributed by atoms with van der Waals surface area (Å²) in [4.78, 5) is 42.6. The minimum atomic E-state index is -1.11. The van der Waals surface area contributed by atoms with Crippen molar-refractivity contribution in [2.45, 2.75) is 13.8 Å². The van der Waals surface area contributed by atoms with Crippen molar-refractivity contribution in [3.63, 3.8) is 0 Å². The Morgan fingerprint density at radius 1 is 1.27 bits per heavy atom. The zero-order valence-corrected chi connectivity index (χ0v) is 14.8. The van der Waals surface area contributed by atoms with Gasteiger partial charge in [-0.15, -0.1) is 0 Å². The Bertz CT molecular complexity index is 873. The second-order valence-corrected chi connectivity index (χ2v) is 5.94. The van der Waals surface area contributed by atoms with Gasteiger partial charge in [0.15, 0.2) is 0 Å². The molecule has 1 aromatic heterocycles. The van der Waals surface area contributed by atoms with Gasteiger partial charge in [-0.1, -0.05) is 11.3 Å². The van der Waals surface area contributed by atoms with E-state index in [1.165, 1.54) is 24.3 Å². The molecule has 0 saturated carbocycles. The second kappa shape index (κ2) is 8.21. The van der Waals surface area contributed by atoms with Gasteiger partial charge in [-0.3, -0.25) is 10.1 Å². The highest BCUT2D eigenvalue weighted by atomic mass is 32.1. The predicted molar refractivity (Wildman–Crippen MR) is 95.0 cm³/mol. The summed E-state index contributed by atoms with van der Waals surface area (Å²) < 4.78 is 4.86. The molecule has 0 atom stereocenters. The molecular formula is C16H16N4O5S. The molecule has 0 spiro atoms. The smallest absolute Gasteiger partial charge is 0.347 e. The van der Waals surface area contributed by atoms with Crippen LogP contribution in [0.15, 0.2) is 29.3 Å². The van der Waals surface area contributed by atoms with Crippen molar-refractivity contribution < 1.29 is 24.2 Å². The Morgan fingerprint density at radius 2 is 1.88 bits per heavy atom. The molecule has 26 heavy (non-hydrogen) atoms. The summed E-state index contributed by atoms with van der Waals surface area (Å²) in [5, 5.41) is 11.5. The standard InChI is InChI=1S/C16H16N4O5S/c1-3-25-14(24)10-6-4-9(5-7-10)12(21)19-15(17)20-16-18-8(2)11(26-16)13(22)23/h4-7H,3H2,1-2H3,(H,22,23)(H3,17,18,19,20,21). The van der Waals surface area contributed by atoms with Crippen LogP contribution in [0.5, 0.6) is 0 Å². The number of carbonyl (C=O) groups is 3. The topological polar surface area (TPSA) is 144 Å². The third-order valence-electron chi connectivity index (χ3n) is 3.10. The first-order chi connectivity index (χ1) is 12.3. The molecule has 2 aromatic rings. The lowest BCUT2D eigenvalue weighted by molar-refractivity contribution is 0.0525. The highest BCUT2D eigenvalue weighted by Crippen LogP contribution is 2.24. The number of benzene rings is 1. The maximum absolute atomic E-state index is 12.1. The van der Waals surface area contributed by atoms with Gasteiger partial charge in [-0.05, 0) is 38.1 Å². The van der Waals surface area contributed by atoms with E-state index >= 15 is 0 Å². The number of aromatic carboxylic acids is 1. The summed E-state index contributed by atoms with van der Waals surface area (Å²) in [6.07, 6.45) is 0. The molecule has 0 saturated heterocycles. The summed E-state index contributed by atoms with van der Waals surface area (Å²) in [7, 11) is 0. The Labute approximate surface area is 152 Å². The fourth-order valence-corrected chi connectivity index (χ4v) is 2.71. The lowest BCUT2D eigenvalue weighted by Crippen LogP contribution is -2.36. The van der Waals surface area contributed by atoms with E-state index in [1.54, 1.807) is 13.8 Å². The number of guanidine groups is 1.